The molecular formula is C23H36O2. The molecule has 1 N–H and O–H groups in total. The molecule has 2 nitrogen and oxygen atoms in total. The first-order valence-corrected chi connectivity index (χ1v) is 11.1. The molecule has 7 unspecified atom stereocenters. The SMILES string of the molecule is CC12CCC3C4CCC5CC(=O)CCC54CCC3C1(C)CC[C@@H](O)C2. The Labute approximate surface area is 153 Å². The molecule has 0 aliphatic heterocycles. The van der Waals surface area contributed by atoms with Crippen LogP contribution < -0.4 is 0 Å². The third-order valence-electron chi connectivity index (χ3n) is 10.6. The highest BCUT2D eigenvalue weighted by atomic mass is 16.3. The molecule has 0 amide bonds. The van der Waals surface area contributed by atoms with Gasteiger partial charge in [0.15, 0.2) is 0 Å². The van der Waals surface area contributed by atoms with E-state index in [4.69, 9.17) is 0 Å². The van der Waals surface area contributed by atoms with E-state index in [1.165, 1.54) is 51.4 Å². The van der Waals surface area contributed by atoms with Crippen LogP contribution in [0.25, 0.3) is 0 Å². The van der Waals surface area contributed by atoms with Crippen molar-refractivity contribution in [3.8, 4) is 0 Å². The van der Waals surface area contributed by atoms with Gasteiger partial charge in [-0.2, -0.15) is 0 Å². The Kier molecular flexibility index (Phi) is 3.58. The minimum Gasteiger partial charge on any atom is -0.393 e. The fourth-order valence-electron chi connectivity index (χ4n) is 9.10. The first-order chi connectivity index (χ1) is 11.9. The monoisotopic (exact) mass is 344 g/mol. The van der Waals surface area contributed by atoms with E-state index in [0.717, 1.165) is 43.4 Å². The second kappa shape index (κ2) is 5.33. The average molecular weight is 345 g/mol. The molecule has 25 heavy (non-hydrogen) atoms. The lowest BCUT2D eigenvalue weighted by Crippen LogP contribution is -2.58. The number of carbonyl (C=O) groups excluding carboxylic acids is 1. The molecular weight excluding hydrogens is 308 g/mol. The van der Waals surface area contributed by atoms with Crippen LogP contribution in [0.5, 0.6) is 0 Å². The van der Waals surface area contributed by atoms with Crippen molar-refractivity contribution in [1.29, 1.82) is 0 Å². The summed E-state index contributed by atoms with van der Waals surface area (Å²) in [6, 6.07) is 0. The first kappa shape index (κ1) is 16.8. The Morgan fingerprint density at radius 3 is 2.60 bits per heavy atom. The number of hydrogen-bond donors (Lipinski definition) is 1. The Hall–Kier alpha value is -0.370. The van der Waals surface area contributed by atoms with Gasteiger partial charge in [0.2, 0.25) is 0 Å². The van der Waals surface area contributed by atoms with E-state index in [2.05, 4.69) is 13.8 Å². The lowest BCUT2D eigenvalue weighted by Gasteiger charge is -2.65. The van der Waals surface area contributed by atoms with E-state index >= 15 is 0 Å². The van der Waals surface area contributed by atoms with Gasteiger partial charge in [0, 0.05) is 12.8 Å². The summed E-state index contributed by atoms with van der Waals surface area (Å²) < 4.78 is 0. The van der Waals surface area contributed by atoms with E-state index in [9.17, 15) is 9.90 Å². The van der Waals surface area contributed by atoms with Gasteiger partial charge in [-0.15, -0.1) is 0 Å². The zero-order valence-corrected chi connectivity index (χ0v) is 16.2. The van der Waals surface area contributed by atoms with Crippen LogP contribution in [-0.4, -0.2) is 17.0 Å². The first-order valence-electron chi connectivity index (χ1n) is 11.1. The number of rotatable bonds is 0. The van der Waals surface area contributed by atoms with E-state index in [0.29, 0.717) is 27.9 Å². The largest absolute Gasteiger partial charge is 0.393 e. The summed E-state index contributed by atoms with van der Waals surface area (Å²) in [5.41, 5.74) is 1.31. The van der Waals surface area contributed by atoms with Gasteiger partial charge in [-0.05, 0) is 104 Å². The normalized spacial score (nSPS) is 58.0. The Morgan fingerprint density at radius 1 is 0.920 bits per heavy atom. The molecule has 5 fully saturated rings. The van der Waals surface area contributed by atoms with Crippen LogP contribution in [-0.2, 0) is 4.79 Å². The van der Waals surface area contributed by atoms with Crippen molar-refractivity contribution in [3.05, 3.63) is 0 Å². The minimum absolute atomic E-state index is 0.0650. The van der Waals surface area contributed by atoms with Gasteiger partial charge in [-0.1, -0.05) is 13.8 Å². The van der Waals surface area contributed by atoms with E-state index < -0.39 is 0 Å². The Balaban J connectivity index is 1.47. The summed E-state index contributed by atoms with van der Waals surface area (Å²) in [6.45, 7) is 5.08. The fourth-order valence-corrected chi connectivity index (χ4v) is 9.10. The fraction of sp³-hybridized carbons (Fsp3) is 0.957. The molecule has 0 aromatic carbocycles. The molecule has 8 atom stereocenters. The average Bonchev–Trinajstić information content (AvgIpc) is 2.95. The van der Waals surface area contributed by atoms with Crippen molar-refractivity contribution in [2.45, 2.75) is 97.0 Å². The third kappa shape index (κ3) is 2.10. The van der Waals surface area contributed by atoms with Crippen LogP contribution in [0.15, 0.2) is 0 Å². The maximum Gasteiger partial charge on any atom is 0.133 e. The summed E-state index contributed by atoms with van der Waals surface area (Å²) in [5.74, 6) is 3.93. The van der Waals surface area contributed by atoms with Crippen molar-refractivity contribution in [2.24, 2.45) is 39.9 Å². The lowest BCUT2D eigenvalue weighted by atomic mass is 9.39. The number of aliphatic hydroxyl groups excluding tert-OH is 1. The van der Waals surface area contributed by atoms with Crippen LogP contribution in [0.4, 0.5) is 0 Å². The number of hydrogen-bond acceptors (Lipinski definition) is 2. The summed E-state index contributed by atoms with van der Waals surface area (Å²) >= 11 is 0. The highest BCUT2D eigenvalue weighted by Gasteiger charge is 2.64. The van der Waals surface area contributed by atoms with E-state index in [1.807, 2.05) is 0 Å². The molecule has 5 saturated carbocycles. The number of aliphatic hydroxyl groups is 1. The molecule has 1 spiro atoms. The molecule has 0 aromatic rings. The van der Waals surface area contributed by atoms with Crippen LogP contribution in [0, 0.1) is 39.9 Å². The van der Waals surface area contributed by atoms with Crippen molar-refractivity contribution < 1.29 is 9.90 Å². The van der Waals surface area contributed by atoms with Crippen molar-refractivity contribution in [1.82, 2.24) is 0 Å². The van der Waals surface area contributed by atoms with Gasteiger partial charge < -0.3 is 5.11 Å². The zero-order valence-electron chi connectivity index (χ0n) is 16.2. The lowest BCUT2D eigenvalue weighted by molar-refractivity contribution is -0.176. The Morgan fingerprint density at radius 2 is 1.76 bits per heavy atom. The molecule has 2 heteroatoms. The molecule has 5 aliphatic carbocycles. The predicted octanol–water partition coefficient (Wildman–Crippen LogP) is 5.13. The van der Waals surface area contributed by atoms with Gasteiger partial charge in [0.05, 0.1) is 6.10 Å². The number of Topliss-reactive ketones (excluding diaryl/α,β-unsaturated/α-hetero) is 1. The van der Waals surface area contributed by atoms with Crippen molar-refractivity contribution in [3.63, 3.8) is 0 Å². The second-order valence-corrected chi connectivity index (χ2v) is 11.1. The minimum atomic E-state index is -0.0650. The van der Waals surface area contributed by atoms with Gasteiger partial charge in [0.1, 0.15) is 5.78 Å². The summed E-state index contributed by atoms with van der Waals surface area (Å²) in [4.78, 5) is 12.0. The number of fused-ring (bicyclic) bond motifs is 4. The molecule has 0 bridgehead atoms. The van der Waals surface area contributed by atoms with E-state index in [-0.39, 0.29) is 6.10 Å². The van der Waals surface area contributed by atoms with Gasteiger partial charge in [0.25, 0.3) is 0 Å². The number of ketones is 1. The molecule has 0 radical (unpaired) electrons. The standard InChI is InChI=1S/C23H36O2/c1-21-9-7-18-19(22(21,2)10-5-17(25)14-21)8-12-23-11-6-16(24)13-15(23)3-4-20(18)23/h15,17-20,25H,3-14H2,1-2H3/t15?,17-,18?,19?,20?,21?,22?,23?/m1/s1. The maximum absolute atomic E-state index is 12.0. The topological polar surface area (TPSA) is 37.3 Å². The summed E-state index contributed by atoms with van der Waals surface area (Å²) in [6.07, 6.45) is 14.4. The van der Waals surface area contributed by atoms with Gasteiger partial charge >= 0.3 is 0 Å². The summed E-state index contributed by atoms with van der Waals surface area (Å²) in [5, 5.41) is 10.3. The van der Waals surface area contributed by atoms with Gasteiger partial charge in [-0.25, -0.2) is 0 Å². The molecule has 5 rings (SSSR count). The molecule has 0 saturated heterocycles. The highest BCUT2D eigenvalue weighted by Crippen LogP contribution is 2.72. The third-order valence-corrected chi connectivity index (χ3v) is 10.6. The van der Waals surface area contributed by atoms with Crippen molar-refractivity contribution in [2.75, 3.05) is 0 Å². The van der Waals surface area contributed by atoms with Gasteiger partial charge in [-0.3, -0.25) is 4.79 Å². The smallest absolute Gasteiger partial charge is 0.133 e. The van der Waals surface area contributed by atoms with Crippen LogP contribution in [0.2, 0.25) is 0 Å². The predicted molar refractivity (Wildman–Crippen MR) is 99.0 cm³/mol. The van der Waals surface area contributed by atoms with Crippen LogP contribution >= 0.6 is 0 Å². The zero-order chi connectivity index (χ0) is 17.4. The van der Waals surface area contributed by atoms with Crippen LogP contribution in [0.3, 0.4) is 0 Å². The highest BCUT2D eigenvalue weighted by molar-refractivity contribution is 5.79. The molecule has 0 heterocycles. The number of carbonyl (C=O) groups is 1. The molecule has 0 aromatic heterocycles. The quantitative estimate of drug-likeness (QED) is 0.661. The maximum atomic E-state index is 12.0. The van der Waals surface area contributed by atoms with Crippen LogP contribution in [0.1, 0.15) is 90.9 Å². The summed E-state index contributed by atoms with van der Waals surface area (Å²) in [7, 11) is 0. The van der Waals surface area contributed by atoms with E-state index in [1.54, 1.807) is 0 Å². The molecule has 140 valence electrons. The molecule has 5 aliphatic rings. The second-order valence-electron chi connectivity index (χ2n) is 11.1. The van der Waals surface area contributed by atoms with Crippen molar-refractivity contribution >= 4 is 5.78 Å². The Bertz CT molecular complexity index is 585.